The van der Waals surface area contributed by atoms with Gasteiger partial charge in [0.1, 0.15) is 18.1 Å². The number of rotatable bonds is 5. The van der Waals surface area contributed by atoms with Gasteiger partial charge in [-0.2, -0.15) is 0 Å². The van der Waals surface area contributed by atoms with Gasteiger partial charge in [0.05, 0.1) is 25.3 Å². The molecule has 0 saturated heterocycles. The molecule has 5 nitrogen and oxygen atoms in total. The lowest BCUT2D eigenvalue weighted by molar-refractivity contribution is 0.303. The molecule has 106 valence electrons. The molecule has 0 spiro atoms. The number of para-hydroxylation sites is 1. The molecular formula is C16H15N3O2. The zero-order valence-corrected chi connectivity index (χ0v) is 11.6. The largest absolute Gasteiger partial charge is 0.496 e. The summed E-state index contributed by atoms with van der Waals surface area (Å²) in [5.41, 5.74) is 2.77. The molecular weight excluding hydrogens is 266 g/mol. The molecule has 0 bridgehead atoms. The van der Waals surface area contributed by atoms with E-state index in [2.05, 4.69) is 15.0 Å². The maximum absolute atomic E-state index is 5.88. The van der Waals surface area contributed by atoms with Gasteiger partial charge in [-0.1, -0.05) is 18.2 Å². The minimum absolute atomic E-state index is 0.430. The van der Waals surface area contributed by atoms with Gasteiger partial charge in [-0.15, -0.1) is 0 Å². The summed E-state index contributed by atoms with van der Waals surface area (Å²) in [6.45, 7) is 0.430. The Bertz CT molecular complexity index is 711. The molecule has 21 heavy (non-hydrogen) atoms. The Kier molecular flexibility index (Phi) is 3.82. The van der Waals surface area contributed by atoms with Crippen molar-refractivity contribution < 1.29 is 9.47 Å². The van der Waals surface area contributed by atoms with Crippen LogP contribution in [0.3, 0.4) is 0 Å². The van der Waals surface area contributed by atoms with Crippen LogP contribution in [0.1, 0.15) is 5.69 Å². The first-order chi connectivity index (χ1) is 10.4. The highest BCUT2D eigenvalue weighted by Crippen LogP contribution is 2.35. The van der Waals surface area contributed by atoms with Crippen LogP contribution in [-0.4, -0.2) is 22.1 Å². The second-order valence-corrected chi connectivity index (χ2v) is 4.44. The summed E-state index contributed by atoms with van der Waals surface area (Å²) in [7, 11) is 1.65. The van der Waals surface area contributed by atoms with Crippen molar-refractivity contribution in [3.8, 4) is 22.6 Å². The summed E-state index contributed by atoms with van der Waals surface area (Å²) in [4.78, 5) is 11.2. The van der Waals surface area contributed by atoms with Crippen molar-refractivity contribution in [3.63, 3.8) is 0 Å². The molecule has 2 aromatic heterocycles. The fraction of sp³-hybridized carbons (Fsp3) is 0.125. The first-order valence-corrected chi connectivity index (χ1v) is 6.56. The van der Waals surface area contributed by atoms with Gasteiger partial charge in [0.15, 0.2) is 0 Å². The summed E-state index contributed by atoms with van der Waals surface area (Å²) >= 11 is 0. The standard InChI is InChI=1S/C16H15N3O2/c1-20-15-6-7-17-9-14(15)13-4-2-3-5-16(13)21-10-12-8-18-11-19-12/h2-9,11H,10H2,1H3,(H,18,19). The van der Waals surface area contributed by atoms with Crippen LogP contribution >= 0.6 is 0 Å². The molecule has 3 rings (SSSR count). The smallest absolute Gasteiger partial charge is 0.130 e. The number of nitrogens with one attached hydrogen (secondary N) is 1. The van der Waals surface area contributed by atoms with Crippen molar-refractivity contribution >= 4 is 0 Å². The fourth-order valence-corrected chi connectivity index (χ4v) is 2.10. The van der Waals surface area contributed by atoms with Gasteiger partial charge < -0.3 is 14.5 Å². The van der Waals surface area contributed by atoms with Crippen LogP contribution in [-0.2, 0) is 6.61 Å². The molecule has 0 aliphatic carbocycles. The lowest BCUT2D eigenvalue weighted by Gasteiger charge is -2.13. The normalized spacial score (nSPS) is 10.3. The molecule has 3 aromatic rings. The molecule has 0 aliphatic rings. The number of pyridine rings is 1. The van der Waals surface area contributed by atoms with Gasteiger partial charge in [0.25, 0.3) is 0 Å². The average molecular weight is 281 g/mol. The average Bonchev–Trinajstić information content (AvgIpc) is 3.06. The van der Waals surface area contributed by atoms with Crippen molar-refractivity contribution in [2.75, 3.05) is 7.11 Å². The molecule has 0 radical (unpaired) electrons. The molecule has 1 N–H and O–H groups in total. The number of aromatic amines is 1. The quantitative estimate of drug-likeness (QED) is 0.780. The minimum Gasteiger partial charge on any atom is -0.496 e. The third kappa shape index (κ3) is 2.86. The monoisotopic (exact) mass is 281 g/mol. The molecule has 0 aliphatic heterocycles. The van der Waals surface area contributed by atoms with E-state index in [0.717, 1.165) is 28.3 Å². The Balaban J connectivity index is 1.92. The van der Waals surface area contributed by atoms with Gasteiger partial charge in [0.2, 0.25) is 0 Å². The Morgan fingerprint density at radius 2 is 1.90 bits per heavy atom. The van der Waals surface area contributed by atoms with Crippen molar-refractivity contribution in [1.82, 2.24) is 15.0 Å². The third-order valence-corrected chi connectivity index (χ3v) is 3.12. The number of benzene rings is 1. The lowest BCUT2D eigenvalue weighted by Crippen LogP contribution is -1.98. The van der Waals surface area contributed by atoms with Gasteiger partial charge in [-0.3, -0.25) is 4.98 Å². The van der Waals surface area contributed by atoms with E-state index in [9.17, 15) is 0 Å². The minimum atomic E-state index is 0.430. The van der Waals surface area contributed by atoms with E-state index >= 15 is 0 Å². The molecule has 0 saturated carbocycles. The summed E-state index contributed by atoms with van der Waals surface area (Å²) < 4.78 is 11.3. The van der Waals surface area contributed by atoms with Crippen LogP contribution in [0.2, 0.25) is 0 Å². The first kappa shape index (κ1) is 13.2. The molecule has 5 heteroatoms. The number of hydrogen-bond donors (Lipinski definition) is 1. The summed E-state index contributed by atoms with van der Waals surface area (Å²) in [6.07, 6.45) is 6.86. The van der Waals surface area contributed by atoms with Crippen LogP contribution in [0.25, 0.3) is 11.1 Å². The van der Waals surface area contributed by atoms with Crippen molar-refractivity contribution in [3.05, 3.63) is 60.9 Å². The van der Waals surface area contributed by atoms with E-state index in [4.69, 9.17) is 9.47 Å². The number of methoxy groups -OCH3 is 1. The Morgan fingerprint density at radius 3 is 2.71 bits per heavy atom. The van der Waals surface area contributed by atoms with Gasteiger partial charge in [-0.25, -0.2) is 4.98 Å². The molecule has 1 aromatic carbocycles. The van der Waals surface area contributed by atoms with Crippen LogP contribution in [0.15, 0.2) is 55.2 Å². The van der Waals surface area contributed by atoms with Crippen molar-refractivity contribution in [2.24, 2.45) is 0 Å². The maximum Gasteiger partial charge on any atom is 0.130 e. The van der Waals surface area contributed by atoms with E-state index in [1.165, 1.54) is 0 Å². The van der Waals surface area contributed by atoms with E-state index in [1.54, 1.807) is 32.0 Å². The topological polar surface area (TPSA) is 60.0 Å². The Hall–Kier alpha value is -2.82. The van der Waals surface area contributed by atoms with E-state index in [1.807, 2.05) is 30.3 Å². The van der Waals surface area contributed by atoms with Gasteiger partial charge >= 0.3 is 0 Å². The highest BCUT2D eigenvalue weighted by atomic mass is 16.5. The fourth-order valence-electron chi connectivity index (χ4n) is 2.10. The van der Waals surface area contributed by atoms with Gasteiger partial charge in [-0.05, 0) is 12.1 Å². The Morgan fingerprint density at radius 1 is 1.00 bits per heavy atom. The highest BCUT2D eigenvalue weighted by Gasteiger charge is 2.11. The van der Waals surface area contributed by atoms with E-state index in [0.29, 0.717) is 6.61 Å². The zero-order valence-electron chi connectivity index (χ0n) is 11.6. The lowest BCUT2D eigenvalue weighted by atomic mass is 10.1. The van der Waals surface area contributed by atoms with Crippen LogP contribution < -0.4 is 9.47 Å². The van der Waals surface area contributed by atoms with Crippen LogP contribution in [0.5, 0.6) is 11.5 Å². The SMILES string of the molecule is COc1ccncc1-c1ccccc1OCc1cnc[nH]1. The van der Waals surface area contributed by atoms with Crippen LogP contribution in [0.4, 0.5) is 0 Å². The third-order valence-electron chi connectivity index (χ3n) is 3.12. The van der Waals surface area contributed by atoms with Crippen molar-refractivity contribution in [2.45, 2.75) is 6.61 Å². The number of imidazole rings is 1. The molecule has 2 heterocycles. The second-order valence-electron chi connectivity index (χ2n) is 4.44. The van der Waals surface area contributed by atoms with Crippen molar-refractivity contribution in [1.29, 1.82) is 0 Å². The predicted molar refractivity (Wildman–Crippen MR) is 79.1 cm³/mol. The van der Waals surface area contributed by atoms with Crippen LogP contribution in [0, 0.1) is 0 Å². The number of H-pyrrole nitrogens is 1. The van der Waals surface area contributed by atoms with E-state index in [-0.39, 0.29) is 0 Å². The van der Waals surface area contributed by atoms with E-state index < -0.39 is 0 Å². The molecule has 0 fully saturated rings. The second kappa shape index (κ2) is 6.09. The summed E-state index contributed by atoms with van der Waals surface area (Å²) in [5, 5.41) is 0. The van der Waals surface area contributed by atoms with Gasteiger partial charge in [0, 0.05) is 23.5 Å². The molecule has 0 atom stereocenters. The number of nitrogens with zero attached hydrogens (tertiary/aromatic N) is 2. The number of aromatic nitrogens is 3. The Labute approximate surface area is 122 Å². The predicted octanol–water partition coefficient (Wildman–Crippen LogP) is 3.06. The molecule has 0 amide bonds. The molecule has 0 unspecified atom stereocenters. The summed E-state index contributed by atoms with van der Waals surface area (Å²) in [6, 6.07) is 9.65. The number of ether oxygens (including phenoxy) is 2. The zero-order chi connectivity index (χ0) is 14.5. The maximum atomic E-state index is 5.88. The summed E-state index contributed by atoms with van der Waals surface area (Å²) in [5.74, 6) is 1.54. The number of hydrogen-bond acceptors (Lipinski definition) is 4. The highest BCUT2D eigenvalue weighted by molar-refractivity contribution is 5.74. The first-order valence-electron chi connectivity index (χ1n) is 6.56.